The van der Waals surface area contributed by atoms with Gasteiger partial charge < -0.3 is 10.2 Å². The van der Waals surface area contributed by atoms with Crippen molar-refractivity contribution in [1.29, 1.82) is 0 Å². The van der Waals surface area contributed by atoms with Gasteiger partial charge in [-0.1, -0.05) is 17.1 Å². The van der Waals surface area contributed by atoms with Crippen LogP contribution in [0.25, 0.3) is 11.1 Å². The lowest BCUT2D eigenvalue weighted by atomic mass is 10.2. The molecule has 2 aromatic carbocycles. The summed E-state index contributed by atoms with van der Waals surface area (Å²) in [5.41, 5.74) is 7.06. The van der Waals surface area contributed by atoms with Crippen LogP contribution in [0, 0.1) is 10.1 Å². The first-order chi connectivity index (χ1) is 11.5. The van der Waals surface area contributed by atoms with Gasteiger partial charge in [-0.3, -0.25) is 14.9 Å². The molecule has 120 valence electrons. The molecule has 0 saturated heterocycles. The van der Waals surface area contributed by atoms with Crippen molar-refractivity contribution in [1.82, 2.24) is 10.3 Å². The highest BCUT2D eigenvalue weighted by molar-refractivity contribution is 6.03. The number of carbonyl (C=O) groups excluding carboxylic acids is 1. The number of para-hydroxylation sites is 2. The molecule has 0 radical (unpaired) electrons. The number of guanidine groups is 1. The van der Waals surface area contributed by atoms with Gasteiger partial charge in [0.2, 0.25) is 0 Å². The Morgan fingerprint density at radius 1 is 1.21 bits per heavy atom. The number of fused-ring (bicyclic) bond motifs is 1. The van der Waals surface area contributed by atoms with Gasteiger partial charge in [0.15, 0.2) is 11.1 Å². The van der Waals surface area contributed by atoms with Crippen molar-refractivity contribution in [2.24, 2.45) is 5.73 Å². The zero-order chi connectivity index (χ0) is 17.1. The fourth-order valence-corrected chi connectivity index (χ4v) is 2.00. The van der Waals surface area contributed by atoms with Crippen molar-refractivity contribution in [2.45, 2.75) is 0 Å². The van der Waals surface area contributed by atoms with Gasteiger partial charge in [0.25, 0.3) is 11.6 Å². The predicted octanol–water partition coefficient (Wildman–Crippen LogP) is 0.193. The SMILES string of the molecule is NC(NC(=O)c1ccc([N+](=O)[O-])cc1)=[NH+]c1nc2ccccc2o1. The number of nitro benzene ring substituents is 1. The number of nitrogens with zero attached hydrogens (tertiary/aromatic N) is 2. The van der Waals surface area contributed by atoms with E-state index in [9.17, 15) is 14.9 Å². The first-order valence-electron chi connectivity index (χ1n) is 6.84. The Kier molecular flexibility index (Phi) is 3.89. The monoisotopic (exact) mass is 326 g/mol. The normalized spacial score (nSPS) is 11.4. The van der Waals surface area contributed by atoms with Gasteiger partial charge in [-0.25, -0.2) is 10.3 Å². The number of non-ortho nitro benzene ring substituents is 1. The molecule has 0 spiro atoms. The summed E-state index contributed by atoms with van der Waals surface area (Å²) >= 11 is 0. The second-order valence-electron chi connectivity index (χ2n) is 4.78. The predicted molar refractivity (Wildman–Crippen MR) is 84.4 cm³/mol. The van der Waals surface area contributed by atoms with Crippen LogP contribution in [-0.4, -0.2) is 21.8 Å². The molecular formula is C15H12N5O4+. The lowest BCUT2D eigenvalue weighted by Crippen LogP contribution is -2.74. The molecule has 3 rings (SSSR count). The molecule has 0 aliphatic rings. The minimum Gasteiger partial charge on any atom is -0.404 e. The Balaban J connectivity index is 1.74. The Hall–Kier alpha value is -3.75. The first kappa shape index (κ1) is 15.2. The van der Waals surface area contributed by atoms with Crippen molar-refractivity contribution in [3.05, 3.63) is 64.2 Å². The van der Waals surface area contributed by atoms with E-state index in [1.54, 1.807) is 18.2 Å². The molecule has 1 aromatic heterocycles. The number of amides is 1. The largest absolute Gasteiger partial charge is 0.406 e. The molecule has 0 unspecified atom stereocenters. The van der Waals surface area contributed by atoms with E-state index in [0.29, 0.717) is 11.1 Å². The van der Waals surface area contributed by atoms with Gasteiger partial charge in [-0.15, -0.1) is 0 Å². The van der Waals surface area contributed by atoms with E-state index in [-0.39, 0.29) is 23.2 Å². The number of carbonyl (C=O) groups is 1. The van der Waals surface area contributed by atoms with Gasteiger partial charge >= 0.3 is 12.0 Å². The Morgan fingerprint density at radius 3 is 2.58 bits per heavy atom. The molecule has 24 heavy (non-hydrogen) atoms. The van der Waals surface area contributed by atoms with Crippen LogP contribution in [0.4, 0.5) is 11.7 Å². The molecule has 9 heteroatoms. The minimum absolute atomic E-state index is 0.0788. The number of nitro groups is 1. The van der Waals surface area contributed by atoms with Crippen LogP contribution >= 0.6 is 0 Å². The summed E-state index contributed by atoms with van der Waals surface area (Å²) in [5, 5.41) is 13.0. The fourth-order valence-electron chi connectivity index (χ4n) is 2.00. The van der Waals surface area contributed by atoms with Gasteiger partial charge in [-0.2, -0.15) is 0 Å². The van der Waals surface area contributed by atoms with Crippen molar-refractivity contribution in [3.63, 3.8) is 0 Å². The van der Waals surface area contributed by atoms with E-state index in [2.05, 4.69) is 15.3 Å². The maximum atomic E-state index is 12.0. The number of benzene rings is 2. The highest BCUT2D eigenvalue weighted by Crippen LogP contribution is 2.14. The number of oxazole rings is 1. The number of hydrogen-bond acceptors (Lipinski definition) is 5. The summed E-state index contributed by atoms with van der Waals surface area (Å²) in [7, 11) is 0. The van der Waals surface area contributed by atoms with Crippen LogP contribution in [-0.2, 0) is 0 Å². The standard InChI is InChI=1S/C15H11N5O4/c16-14(19-15-17-11-3-1-2-4-12(11)24-15)18-13(21)9-5-7-10(8-6-9)20(22)23/h1-8H,(H3,16,17,18,19,21)/p+1. The quantitative estimate of drug-likeness (QED) is 0.272. The molecular weight excluding hydrogens is 314 g/mol. The number of nitrogens with two attached hydrogens (primary N) is 1. The Morgan fingerprint density at radius 2 is 1.92 bits per heavy atom. The summed E-state index contributed by atoms with van der Waals surface area (Å²) in [6.45, 7) is 0. The first-order valence-corrected chi connectivity index (χ1v) is 6.84. The van der Waals surface area contributed by atoms with Gasteiger partial charge in [-0.05, 0) is 24.3 Å². The molecule has 1 amide bonds. The van der Waals surface area contributed by atoms with Gasteiger partial charge in [0.1, 0.15) is 0 Å². The average molecular weight is 326 g/mol. The Bertz CT molecular complexity index is 913. The van der Waals surface area contributed by atoms with Crippen molar-refractivity contribution in [3.8, 4) is 0 Å². The number of hydrogen-bond donors (Lipinski definition) is 3. The summed E-state index contributed by atoms with van der Waals surface area (Å²) < 4.78 is 5.42. The lowest BCUT2D eigenvalue weighted by Gasteiger charge is -1.99. The van der Waals surface area contributed by atoms with E-state index in [1.165, 1.54) is 24.3 Å². The summed E-state index contributed by atoms with van der Waals surface area (Å²) in [4.78, 5) is 28.9. The van der Waals surface area contributed by atoms with Crippen LogP contribution < -0.4 is 16.0 Å². The van der Waals surface area contributed by atoms with Crippen molar-refractivity contribution < 1.29 is 19.1 Å². The molecule has 4 N–H and O–H groups in total. The van der Waals surface area contributed by atoms with E-state index >= 15 is 0 Å². The molecule has 1 heterocycles. The maximum absolute atomic E-state index is 12.0. The van der Waals surface area contributed by atoms with Gasteiger partial charge in [0, 0.05) is 12.1 Å². The molecule has 0 saturated carbocycles. The summed E-state index contributed by atoms with van der Waals surface area (Å²) in [6.07, 6.45) is 0. The molecule has 0 aliphatic heterocycles. The number of aromatic nitrogens is 1. The van der Waals surface area contributed by atoms with E-state index < -0.39 is 10.8 Å². The number of rotatable bonds is 3. The Labute approximate surface area is 135 Å². The van der Waals surface area contributed by atoms with Crippen LogP contribution in [0.15, 0.2) is 52.9 Å². The van der Waals surface area contributed by atoms with Gasteiger partial charge in [0.05, 0.1) is 10.5 Å². The average Bonchev–Trinajstić information content (AvgIpc) is 2.96. The third-order valence-corrected chi connectivity index (χ3v) is 3.12. The zero-order valence-electron chi connectivity index (χ0n) is 12.2. The highest BCUT2D eigenvalue weighted by atomic mass is 16.6. The molecule has 0 bridgehead atoms. The highest BCUT2D eigenvalue weighted by Gasteiger charge is 2.14. The van der Waals surface area contributed by atoms with Crippen LogP contribution in [0.5, 0.6) is 0 Å². The maximum Gasteiger partial charge on any atom is 0.406 e. The second kappa shape index (κ2) is 6.16. The van der Waals surface area contributed by atoms with Crippen LogP contribution in [0.3, 0.4) is 0 Å². The lowest BCUT2D eigenvalue weighted by molar-refractivity contribution is -0.384. The van der Waals surface area contributed by atoms with E-state index in [0.717, 1.165) is 0 Å². The van der Waals surface area contributed by atoms with E-state index in [1.807, 2.05) is 6.07 Å². The minimum atomic E-state index is -0.545. The second-order valence-corrected chi connectivity index (χ2v) is 4.78. The topological polar surface area (TPSA) is 138 Å². The third kappa shape index (κ3) is 3.19. The number of nitrogens with one attached hydrogen (secondary N) is 2. The van der Waals surface area contributed by atoms with Crippen molar-refractivity contribution >= 4 is 34.7 Å². The van der Waals surface area contributed by atoms with Crippen LogP contribution in [0.2, 0.25) is 0 Å². The summed E-state index contributed by atoms with van der Waals surface area (Å²) in [6, 6.07) is 12.4. The van der Waals surface area contributed by atoms with Crippen LogP contribution in [0.1, 0.15) is 10.4 Å². The molecule has 0 atom stereocenters. The summed E-state index contributed by atoms with van der Waals surface area (Å²) in [5.74, 6) is -0.601. The van der Waals surface area contributed by atoms with E-state index in [4.69, 9.17) is 10.2 Å². The third-order valence-electron chi connectivity index (χ3n) is 3.12. The fraction of sp³-hybridized carbons (Fsp3) is 0. The molecule has 0 fully saturated rings. The molecule has 3 aromatic rings. The smallest absolute Gasteiger partial charge is 0.404 e. The molecule has 0 aliphatic carbocycles. The molecule has 9 nitrogen and oxygen atoms in total. The van der Waals surface area contributed by atoms with Crippen molar-refractivity contribution in [2.75, 3.05) is 0 Å². The zero-order valence-corrected chi connectivity index (χ0v) is 12.2.